The molecule has 56 valence electrons. The first-order chi connectivity index (χ1) is 4.81. The zero-order chi connectivity index (χ0) is 7.82. The molecule has 0 aromatic heterocycles. The Morgan fingerprint density at radius 1 is 1.50 bits per heavy atom. The van der Waals surface area contributed by atoms with E-state index in [1.54, 1.807) is 6.07 Å². The fraction of sp³-hybridized carbons (Fsp3) is 0.714. The lowest BCUT2D eigenvalue weighted by Crippen LogP contribution is -2.27. The molecule has 0 aromatic rings. The van der Waals surface area contributed by atoms with Crippen molar-refractivity contribution in [3.63, 3.8) is 0 Å². The fourth-order valence-electron chi connectivity index (χ4n) is 0.706. The lowest BCUT2D eigenvalue weighted by molar-refractivity contribution is -0.119. The Balaban J connectivity index is 0.000000236. The van der Waals surface area contributed by atoms with Gasteiger partial charge in [0.15, 0.2) is 0 Å². The van der Waals surface area contributed by atoms with E-state index < -0.39 is 0 Å². The molecule has 1 rings (SSSR count). The summed E-state index contributed by atoms with van der Waals surface area (Å²) in [5, 5.41) is 10.4. The van der Waals surface area contributed by atoms with Gasteiger partial charge >= 0.3 is 0 Å². The van der Waals surface area contributed by atoms with E-state index in [-0.39, 0.29) is 0 Å². The summed E-state index contributed by atoms with van der Waals surface area (Å²) in [5.41, 5.74) is 0. The molecule has 1 heterocycles. The third kappa shape index (κ3) is 5.26. The van der Waals surface area contributed by atoms with Gasteiger partial charge in [-0.3, -0.25) is 4.79 Å². The number of carbonyl (C=O) groups is 1. The van der Waals surface area contributed by atoms with E-state index in [1.165, 1.54) is 6.92 Å². The predicted octanol–water partition coefficient (Wildman–Crippen LogP) is 0.469. The Morgan fingerprint density at radius 2 is 1.90 bits per heavy atom. The zero-order valence-corrected chi connectivity index (χ0v) is 6.18. The van der Waals surface area contributed by atoms with Crippen molar-refractivity contribution in [2.24, 2.45) is 0 Å². The molecule has 0 aromatic carbocycles. The van der Waals surface area contributed by atoms with Gasteiger partial charge < -0.3 is 5.32 Å². The van der Waals surface area contributed by atoms with E-state index in [1.807, 2.05) is 0 Å². The minimum Gasteiger partial charge on any atom is -0.316 e. The molecule has 1 fully saturated rings. The number of Topliss-reactive ketones (excluding diaryl/α,β-unsaturated/α-hetero) is 1. The number of hydrogen-bond acceptors (Lipinski definition) is 3. The molecule has 0 atom stereocenters. The van der Waals surface area contributed by atoms with Crippen LogP contribution in [0.1, 0.15) is 19.8 Å². The standard InChI is InChI=1S/C5H9NO.C2H3N/c7-5-1-3-6-4-2-5;1-2-3/h6H,1-4H2;1H3. The van der Waals surface area contributed by atoms with Crippen molar-refractivity contribution in [2.75, 3.05) is 13.1 Å². The third-order valence-electron chi connectivity index (χ3n) is 1.16. The Labute approximate surface area is 61.0 Å². The highest BCUT2D eigenvalue weighted by Gasteiger charge is 2.04. The molecule has 1 saturated heterocycles. The Hall–Kier alpha value is -0.880. The Morgan fingerprint density at radius 3 is 2.10 bits per heavy atom. The van der Waals surface area contributed by atoms with Crippen molar-refractivity contribution in [1.29, 1.82) is 5.26 Å². The second kappa shape index (κ2) is 6.24. The molecule has 0 spiro atoms. The van der Waals surface area contributed by atoms with Crippen LogP contribution in [-0.4, -0.2) is 18.9 Å². The molecule has 1 aliphatic rings. The van der Waals surface area contributed by atoms with Crippen LogP contribution in [0.15, 0.2) is 0 Å². The first kappa shape index (κ1) is 9.12. The second-order valence-electron chi connectivity index (χ2n) is 2.01. The normalized spacial score (nSPS) is 16.6. The minimum atomic E-state index is 0.402. The van der Waals surface area contributed by atoms with Gasteiger partial charge in [-0.2, -0.15) is 5.26 Å². The van der Waals surface area contributed by atoms with E-state index in [0.717, 1.165) is 25.9 Å². The average molecular weight is 140 g/mol. The topological polar surface area (TPSA) is 52.9 Å². The van der Waals surface area contributed by atoms with Crippen molar-refractivity contribution < 1.29 is 4.79 Å². The van der Waals surface area contributed by atoms with Crippen molar-refractivity contribution >= 4 is 5.78 Å². The Kier molecular flexibility index (Phi) is 5.69. The molecule has 3 heteroatoms. The lowest BCUT2D eigenvalue weighted by Gasteiger charge is -2.08. The average Bonchev–Trinajstić information content (AvgIpc) is 1.91. The maximum Gasteiger partial charge on any atom is 0.135 e. The quantitative estimate of drug-likeness (QED) is 0.532. The van der Waals surface area contributed by atoms with Crippen LogP contribution >= 0.6 is 0 Å². The van der Waals surface area contributed by atoms with Crippen molar-refractivity contribution in [1.82, 2.24) is 5.32 Å². The second-order valence-corrected chi connectivity index (χ2v) is 2.01. The summed E-state index contributed by atoms with van der Waals surface area (Å²) >= 11 is 0. The van der Waals surface area contributed by atoms with Gasteiger partial charge in [-0.15, -0.1) is 0 Å². The number of rotatable bonds is 0. The van der Waals surface area contributed by atoms with Gasteiger partial charge in [0.25, 0.3) is 0 Å². The van der Waals surface area contributed by atoms with Crippen LogP contribution in [0.2, 0.25) is 0 Å². The Bertz CT molecular complexity index is 129. The number of nitrogens with one attached hydrogen (secondary N) is 1. The number of nitrogens with zero attached hydrogens (tertiary/aromatic N) is 1. The van der Waals surface area contributed by atoms with Gasteiger partial charge in [0.1, 0.15) is 5.78 Å². The highest BCUT2D eigenvalue weighted by atomic mass is 16.1. The maximum absolute atomic E-state index is 10.4. The molecule has 0 bridgehead atoms. The number of hydrogen-bond donors (Lipinski definition) is 1. The summed E-state index contributed by atoms with van der Waals surface area (Å²) in [5.74, 6) is 0.402. The van der Waals surface area contributed by atoms with Crippen LogP contribution < -0.4 is 5.32 Å². The molecule has 0 unspecified atom stereocenters. The van der Waals surface area contributed by atoms with Crippen molar-refractivity contribution in [3.8, 4) is 6.07 Å². The van der Waals surface area contributed by atoms with E-state index in [4.69, 9.17) is 5.26 Å². The highest BCUT2D eigenvalue weighted by molar-refractivity contribution is 5.79. The van der Waals surface area contributed by atoms with Crippen LogP contribution in [0, 0.1) is 11.3 Å². The molecule has 0 radical (unpaired) electrons. The van der Waals surface area contributed by atoms with Gasteiger partial charge in [0.05, 0.1) is 6.07 Å². The minimum absolute atomic E-state index is 0.402. The number of nitriles is 1. The fourth-order valence-corrected chi connectivity index (χ4v) is 0.706. The monoisotopic (exact) mass is 140 g/mol. The van der Waals surface area contributed by atoms with Crippen molar-refractivity contribution in [3.05, 3.63) is 0 Å². The summed E-state index contributed by atoms with van der Waals surface area (Å²) < 4.78 is 0. The number of piperidine rings is 1. The maximum atomic E-state index is 10.4. The van der Waals surface area contributed by atoms with Gasteiger partial charge in [-0.25, -0.2) is 0 Å². The van der Waals surface area contributed by atoms with Gasteiger partial charge in [0, 0.05) is 32.9 Å². The molecule has 1 aliphatic heterocycles. The van der Waals surface area contributed by atoms with Crippen LogP contribution in [0.4, 0.5) is 0 Å². The van der Waals surface area contributed by atoms with Crippen molar-refractivity contribution in [2.45, 2.75) is 19.8 Å². The predicted molar refractivity (Wildman–Crippen MR) is 38.4 cm³/mol. The summed E-state index contributed by atoms with van der Waals surface area (Å²) in [6.45, 7) is 3.21. The number of ketones is 1. The smallest absolute Gasteiger partial charge is 0.135 e. The molecule has 0 amide bonds. The largest absolute Gasteiger partial charge is 0.316 e. The molecule has 1 N–H and O–H groups in total. The molecular formula is C7H12N2O. The van der Waals surface area contributed by atoms with E-state index in [0.29, 0.717) is 5.78 Å². The van der Waals surface area contributed by atoms with Crippen LogP contribution in [0.25, 0.3) is 0 Å². The first-order valence-electron chi connectivity index (χ1n) is 3.34. The van der Waals surface area contributed by atoms with Gasteiger partial charge in [0.2, 0.25) is 0 Å². The van der Waals surface area contributed by atoms with Crippen LogP contribution in [0.5, 0.6) is 0 Å². The van der Waals surface area contributed by atoms with Crippen LogP contribution in [-0.2, 0) is 4.79 Å². The highest BCUT2D eigenvalue weighted by Crippen LogP contribution is 1.91. The molecule has 0 saturated carbocycles. The van der Waals surface area contributed by atoms with E-state index in [9.17, 15) is 4.79 Å². The zero-order valence-electron chi connectivity index (χ0n) is 6.18. The van der Waals surface area contributed by atoms with E-state index in [2.05, 4.69) is 5.32 Å². The summed E-state index contributed by atoms with van der Waals surface area (Å²) in [6, 6.07) is 1.75. The van der Waals surface area contributed by atoms with Gasteiger partial charge in [-0.1, -0.05) is 0 Å². The first-order valence-corrected chi connectivity index (χ1v) is 3.34. The number of carbonyl (C=O) groups excluding carboxylic acids is 1. The molecule has 3 nitrogen and oxygen atoms in total. The molecule has 10 heavy (non-hydrogen) atoms. The van der Waals surface area contributed by atoms with Gasteiger partial charge in [-0.05, 0) is 0 Å². The third-order valence-corrected chi connectivity index (χ3v) is 1.16. The molecular weight excluding hydrogens is 128 g/mol. The van der Waals surface area contributed by atoms with E-state index >= 15 is 0 Å². The summed E-state index contributed by atoms with van der Waals surface area (Å²) in [4.78, 5) is 10.4. The van der Waals surface area contributed by atoms with Crippen LogP contribution in [0.3, 0.4) is 0 Å². The summed E-state index contributed by atoms with van der Waals surface area (Å²) in [6.07, 6.45) is 1.47. The SMILES string of the molecule is CC#N.O=C1CCNCC1. The summed E-state index contributed by atoms with van der Waals surface area (Å²) in [7, 11) is 0. The molecule has 0 aliphatic carbocycles. The lowest BCUT2D eigenvalue weighted by atomic mass is 10.1.